The van der Waals surface area contributed by atoms with Gasteiger partial charge in [-0.25, -0.2) is 0 Å². The number of amides is 1. The Morgan fingerprint density at radius 1 is 1.21 bits per heavy atom. The Morgan fingerprint density at radius 2 is 1.92 bits per heavy atom. The van der Waals surface area contributed by atoms with Crippen LogP contribution in [0.3, 0.4) is 0 Å². The minimum Gasteiger partial charge on any atom is -0.497 e. The topological polar surface area (TPSA) is 87.0 Å². The van der Waals surface area contributed by atoms with Gasteiger partial charge in [0.05, 0.1) is 12.6 Å². The Labute approximate surface area is 146 Å². The number of aromatic amines is 1. The van der Waals surface area contributed by atoms with Crippen molar-refractivity contribution in [2.75, 3.05) is 7.11 Å². The first-order valence-electron chi connectivity index (χ1n) is 7.11. The quantitative estimate of drug-likeness (QED) is 0.627. The molecule has 0 saturated heterocycles. The van der Waals surface area contributed by atoms with Crippen LogP contribution in [0, 0.1) is 6.92 Å². The zero-order valence-electron chi connectivity index (χ0n) is 13.0. The average molecular weight is 388 g/mol. The van der Waals surface area contributed by atoms with Crippen molar-refractivity contribution in [3.05, 3.63) is 52.0 Å². The van der Waals surface area contributed by atoms with Crippen molar-refractivity contribution in [2.24, 2.45) is 10.2 Å². The summed E-state index contributed by atoms with van der Waals surface area (Å²) in [6.07, 6.45) is 0. The minimum atomic E-state index is -0.504. The number of hydrogen-bond donors (Lipinski definition) is 2. The van der Waals surface area contributed by atoms with Gasteiger partial charge in [0.2, 0.25) is 5.88 Å². The molecule has 1 amide bonds. The maximum atomic E-state index is 12.1. The summed E-state index contributed by atoms with van der Waals surface area (Å²) in [6, 6.07) is 10.3. The third kappa shape index (κ3) is 2.90. The van der Waals surface area contributed by atoms with Crippen LogP contribution >= 0.6 is 15.9 Å². The number of hydrogen-bond acceptors (Lipinski definition) is 4. The molecule has 122 valence electrons. The van der Waals surface area contributed by atoms with E-state index in [1.165, 1.54) is 0 Å². The summed E-state index contributed by atoms with van der Waals surface area (Å²) in [6.45, 7) is 1.93. The Kier molecular flexibility index (Phi) is 4.35. The molecule has 0 bridgehead atoms. The lowest BCUT2D eigenvalue weighted by atomic mass is 10.1. The van der Waals surface area contributed by atoms with E-state index in [-0.39, 0.29) is 11.6 Å². The fourth-order valence-electron chi connectivity index (χ4n) is 2.31. The number of fused-ring (bicyclic) bond motifs is 1. The molecule has 24 heavy (non-hydrogen) atoms. The third-order valence-electron chi connectivity index (χ3n) is 3.63. The van der Waals surface area contributed by atoms with E-state index < -0.39 is 5.91 Å². The van der Waals surface area contributed by atoms with Crippen molar-refractivity contribution >= 4 is 38.4 Å². The number of aromatic nitrogens is 1. The lowest BCUT2D eigenvalue weighted by Gasteiger charge is -2.00. The van der Waals surface area contributed by atoms with Gasteiger partial charge in [-0.1, -0.05) is 6.07 Å². The Hall–Kier alpha value is -2.67. The van der Waals surface area contributed by atoms with Crippen LogP contribution in [0.2, 0.25) is 0 Å². The van der Waals surface area contributed by atoms with Crippen LogP contribution in [0.5, 0.6) is 11.6 Å². The summed E-state index contributed by atoms with van der Waals surface area (Å²) in [4.78, 5) is 15.0. The third-order valence-corrected chi connectivity index (χ3v) is 4.65. The number of carbonyl (C=O) groups excluding carboxylic acids is 1. The highest BCUT2D eigenvalue weighted by molar-refractivity contribution is 9.10. The monoisotopic (exact) mass is 387 g/mol. The second kappa shape index (κ2) is 6.45. The van der Waals surface area contributed by atoms with Crippen molar-refractivity contribution in [3.8, 4) is 11.6 Å². The molecule has 0 aliphatic carbocycles. The zero-order valence-corrected chi connectivity index (χ0v) is 14.6. The number of aryl methyl sites for hydroxylation is 1. The van der Waals surface area contributed by atoms with Crippen molar-refractivity contribution in [1.82, 2.24) is 4.98 Å². The molecule has 0 radical (unpaired) electrons. The molecule has 0 unspecified atom stereocenters. The molecule has 3 aromatic rings. The molecule has 2 N–H and O–H groups in total. The van der Waals surface area contributed by atoms with E-state index in [9.17, 15) is 9.90 Å². The van der Waals surface area contributed by atoms with Gasteiger partial charge < -0.3 is 14.8 Å². The molecule has 1 aromatic heterocycles. The molecule has 1 heterocycles. The highest BCUT2D eigenvalue weighted by atomic mass is 79.9. The van der Waals surface area contributed by atoms with Crippen LogP contribution in [-0.2, 0) is 0 Å². The summed E-state index contributed by atoms with van der Waals surface area (Å²) >= 11 is 3.48. The van der Waals surface area contributed by atoms with Gasteiger partial charge in [-0.15, -0.1) is 10.2 Å². The SMILES string of the molecule is COc1ccc(C(=O)N=Nc2c(O)[nH]c3ccc(C)c(Br)c23)cc1. The van der Waals surface area contributed by atoms with E-state index >= 15 is 0 Å². The second-order valence-corrected chi connectivity index (χ2v) is 5.97. The predicted molar refractivity (Wildman–Crippen MR) is 94.2 cm³/mol. The van der Waals surface area contributed by atoms with Gasteiger partial charge in [-0.05, 0) is 58.7 Å². The van der Waals surface area contributed by atoms with E-state index in [2.05, 4.69) is 31.1 Å². The van der Waals surface area contributed by atoms with Gasteiger partial charge in [0, 0.05) is 15.4 Å². The highest BCUT2D eigenvalue weighted by Gasteiger charge is 2.15. The molecule has 6 nitrogen and oxygen atoms in total. The number of benzene rings is 2. The first-order valence-corrected chi connectivity index (χ1v) is 7.90. The normalized spacial score (nSPS) is 11.3. The summed E-state index contributed by atoms with van der Waals surface area (Å²) in [5.74, 6) is 0.00919. The predicted octanol–water partition coefficient (Wildman–Crippen LogP) is 4.88. The van der Waals surface area contributed by atoms with Gasteiger partial charge in [0.25, 0.3) is 5.91 Å². The lowest BCUT2D eigenvalue weighted by Crippen LogP contribution is -1.93. The smallest absolute Gasteiger partial charge is 0.295 e. The number of nitrogens with one attached hydrogen (secondary N) is 1. The number of ether oxygens (including phenoxy) is 1. The Bertz CT molecular complexity index is 946. The van der Waals surface area contributed by atoms with Gasteiger partial charge >= 0.3 is 0 Å². The van der Waals surface area contributed by atoms with Crippen molar-refractivity contribution in [3.63, 3.8) is 0 Å². The number of aromatic hydroxyl groups is 1. The van der Waals surface area contributed by atoms with Gasteiger partial charge in [0.15, 0.2) is 5.69 Å². The van der Waals surface area contributed by atoms with Crippen molar-refractivity contribution < 1.29 is 14.6 Å². The molecule has 0 fully saturated rings. The molecule has 0 spiro atoms. The molecule has 7 heteroatoms. The lowest BCUT2D eigenvalue weighted by molar-refractivity contribution is 0.0995. The molecule has 0 aliphatic heterocycles. The van der Waals surface area contributed by atoms with Crippen LogP contribution in [0.25, 0.3) is 10.9 Å². The van der Waals surface area contributed by atoms with E-state index in [1.807, 2.05) is 19.1 Å². The van der Waals surface area contributed by atoms with Gasteiger partial charge in [-0.2, -0.15) is 0 Å². The number of azo groups is 1. The standard InChI is InChI=1S/C17H14BrN3O3/c1-9-3-8-12-13(14(9)18)15(17(23)19-12)20-21-16(22)10-4-6-11(24-2)7-5-10/h3-8,19,23H,1-2H3. The molecule has 0 atom stereocenters. The molecule has 3 rings (SSSR count). The number of halogens is 1. The van der Waals surface area contributed by atoms with Crippen LogP contribution < -0.4 is 4.74 Å². The van der Waals surface area contributed by atoms with E-state index in [0.29, 0.717) is 22.2 Å². The second-order valence-electron chi connectivity index (χ2n) is 5.17. The molecule has 0 aliphatic rings. The minimum absolute atomic E-state index is 0.136. The number of methoxy groups -OCH3 is 1. The van der Waals surface area contributed by atoms with Gasteiger partial charge in [-0.3, -0.25) is 4.79 Å². The average Bonchev–Trinajstić information content (AvgIpc) is 2.92. The number of H-pyrrole nitrogens is 1. The van der Waals surface area contributed by atoms with Crippen molar-refractivity contribution in [2.45, 2.75) is 6.92 Å². The van der Waals surface area contributed by atoms with Gasteiger partial charge in [0.1, 0.15) is 5.75 Å². The summed E-state index contributed by atoms with van der Waals surface area (Å²) < 4.78 is 5.84. The fourth-order valence-corrected chi connectivity index (χ4v) is 2.84. The van der Waals surface area contributed by atoms with E-state index in [0.717, 1.165) is 10.0 Å². The fraction of sp³-hybridized carbons (Fsp3) is 0.118. The Balaban J connectivity index is 1.96. The largest absolute Gasteiger partial charge is 0.497 e. The zero-order chi connectivity index (χ0) is 17.3. The van der Waals surface area contributed by atoms with E-state index in [4.69, 9.17) is 4.74 Å². The van der Waals surface area contributed by atoms with Crippen LogP contribution in [-0.4, -0.2) is 23.1 Å². The van der Waals surface area contributed by atoms with Crippen LogP contribution in [0.4, 0.5) is 5.69 Å². The van der Waals surface area contributed by atoms with E-state index in [1.54, 1.807) is 31.4 Å². The highest BCUT2D eigenvalue weighted by Crippen LogP contribution is 2.41. The molecular weight excluding hydrogens is 374 g/mol. The molecule has 2 aromatic carbocycles. The molecular formula is C17H14BrN3O3. The maximum Gasteiger partial charge on any atom is 0.295 e. The summed E-state index contributed by atoms with van der Waals surface area (Å²) in [5, 5.41) is 18.4. The first-order chi connectivity index (χ1) is 11.5. The van der Waals surface area contributed by atoms with Crippen LogP contribution in [0.15, 0.2) is 51.1 Å². The first kappa shape index (κ1) is 16.2. The van der Waals surface area contributed by atoms with Crippen LogP contribution in [0.1, 0.15) is 15.9 Å². The Morgan fingerprint density at radius 3 is 2.58 bits per heavy atom. The number of carbonyl (C=O) groups is 1. The number of rotatable bonds is 3. The maximum absolute atomic E-state index is 12.1. The molecule has 0 saturated carbocycles. The van der Waals surface area contributed by atoms with Crippen molar-refractivity contribution in [1.29, 1.82) is 0 Å². The summed E-state index contributed by atoms with van der Waals surface area (Å²) in [5.41, 5.74) is 2.30. The number of nitrogens with zero attached hydrogens (tertiary/aromatic N) is 2. The summed E-state index contributed by atoms with van der Waals surface area (Å²) in [7, 11) is 1.55.